The van der Waals surface area contributed by atoms with E-state index in [4.69, 9.17) is 9.26 Å². The molecule has 3 atom stereocenters. The number of hydrogen-bond donors (Lipinski definition) is 2. The number of carbonyl (C=O) groups excluding carboxylic acids is 2. The molecule has 2 heterocycles. The van der Waals surface area contributed by atoms with Gasteiger partial charge in [-0.25, -0.2) is 4.79 Å². The highest BCUT2D eigenvalue weighted by molar-refractivity contribution is 5.90. The zero-order chi connectivity index (χ0) is 23.5. The second-order valence-electron chi connectivity index (χ2n) is 9.84. The molecule has 1 saturated carbocycles. The molecule has 2 unspecified atom stereocenters. The Hall–Kier alpha value is -2.71. The number of anilines is 1. The molecule has 0 radical (unpaired) electrons. The number of nitrogens with one attached hydrogen (secondary N) is 1. The van der Waals surface area contributed by atoms with Gasteiger partial charge in [0.1, 0.15) is 12.3 Å². The van der Waals surface area contributed by atoms with Crippen molar-refractivity contribution in [2.24, 2.45) is 5.92 Å². The van der Waals surface area contributed by atoms with E-state index in [1.54, 1.807) is 25.1 Å². The van der Waals surface area contributed by atoms with Crippen molar-refractivity contribution in [3.8, 4) is 0 Å². The number of nitrogens with zero attached hydrogens (tertiary/aromatic N) is 2. The summed E-state index contributed by atoms with van der Waals surface area (Å²) in [5.74, 6) is 0.150. The van der Waals surface area contributed by atoms with Crippen LogP contribution in [-0.2, 0) is 19.9 Å². The molecule has 2 fully saturated rings. The maximum absolute atomic E-state index is 13.4. The van der Waals surface area contributed by atoms with E-state index in [-0.39, 0.29) is 24.5 Å². The number of carbonyl (C=O) groups is 2. The third-order valence-corrected chi connectivity index (χ3v) is 7.03. The highest BCUT2D eigenvalue weighted by Crippen LogP contribution is 2.42. The number of amides is 1. The smallest absolute Gasteiger partial charge is 0.343 e. The van der Waals surface area contributed by atoms with Gasteiger partial charge in [0.15, 0.2) is 24.1 Å². The van der Waals surface area contributed by atoms with Gasteiger partial charge in [0, 0.05) is 18.4 Å². The molecule has 4 rings (SSSR count). The molecule has 1 saturated heterocycles. The lowest BCUT2D eigenvalue weighted by atomic mass is 9.80. The minimum atomic E-state index is -1.64. The lowest BCUT2D eigenvalue weighted by Gasteiger charge is -2.41. The second-order valence-corrected chi connectivity index (χ2v) is 9.84. The summed E-state index contributed by atoms with van der Waals surface area (Å²) in [6.07, 6.45) is 4.82. The predicted octanol–water partition coefficient (Wildman–Crippen LogP) is 3.15. The van der Waals surface area contributed by atoms with Gasteiger partial charge in [-0.3, -0.25) is 4.79 Å². The molecular formula is C25H34N3O5+. The van der Waals surface area contributed by atoms with E-state index in [2.05, 4.69) is 10.5 Å². The number of quaternary nitrogens is 1. The maximum Gasteiger partial charge on any atom is 0.343 e. The zero-order valence-electron chi connectivity index (χ0n) is 19.5. The van der Waals surface area contributed by atoms with Gasteiger partial charge in [0.2, 0.25) is 0 Å². The molecule has 0 spiro atoms. The maximum atomic E-state index is 13.4. The zero-order valence-corrected chi connectivity index (χ0v) is 19.5. The highest BCUT2D eigenvalue weighted by atomic mass is 16.6. The third kappa shape index (κ3) is 5.28. The summed E-state index contributed by atoms with van der Waals surface area (Å²) < 4.78 is 11.4. The molecule has 1 aromatic carbocycles. The number of esters is 1. The molecule has 178 valence electrons. The number of aliphatic hydroxyl groups is 1. The minimum absolute atomic E-state index is 0.145. The van der Waals surface area contributed by atoms with Crippen molar-refractivity contribution < 1.29 is 28.4 Å². The minimum Gasteiger partial charge on any atom is -0.454 e. The predicted molar refractivity (Wildman–Crippen MR) is 122 cm³/mol. The van der Waals surface area contributed by atoms with Crippen LogP contribution in [0.1, 0.15) is 49.8 Å². The molecule has 1 aliphatic carbocycles. The Morgan fingerprint density at radius 3 is 2.61 bits per heavy atom. The number of likely N-dealkylation sites (tertiary alicyclic amines) is 1. The number of aryl methyl sites for hydroxylation is 1. The average molecular weight is 457 g/mol. The molecule has 0 bridgehead atoms. The Balaban J connectivity index is 1.43. The lowest BCUT2D eigenvalue weighted by Crippen LogP contribution is -2.57. The molecule has 33 heavy (non-hydrogen) atoms. The van der Waals surface area contributed by atoms with Crippen LogP contribution < -0.4 is 5.32 Å². The van der Waals surface area contributed by atoms with Crippen LogP contribution in [0.3, 0.4) is 0 Å². The van der Waals surface area contributed by atoms with Gasteiger partial charge in [-0.1, -0.05) is 48.3 Å². The van der Waals surface area contributed by atoms with E-state index in [0.29, 0.717) is 28.2 Å². The van der Waals surface area contributed by atoms with E-state index >= 15 is 0 Å². The normalized spacial score (nSPS) is 25.4. The Morgan fingerprint density at radius 2 is 1.94 bits per heavy atom. The topological polar surface area (TPSA) is 102 Å². The monoisotopic (exact) mass is 456 g/mol. The van der Waals surface area contributed by atoms with Gasteiger partial charge in [0.25, 0.3) is 5.91 Å². The number of hydrogen-bond acceptors (Lipinski definition) is 6. The van der Waals surface area contributed by atoms with Crippen LogP contribution in [0.25, 0.3) is 0 Å². The number of rotatable bonds is 7. The fourth-order valence-corrected chi connectivity index (χ4v) is 5.37. The van der Waals surface area contributed by atoms with Crippen LogP contribution in [0.2, 0.25) is 0 Å². The molecule has 2 aliphatic rings. The summed E-state index contributed by atoms with van der Waals surface area (Å²) in [5.41, 5.74) is -1.04. The van der Waals surface area contributed by atoms with E-state index in [1.807, 2.05) is 25.2 Å². The van der Waals surface area contributed by atoms with Crippen LogP contribution in [-0.4, -0.2) is 59.4 Å². The summed E-state index contributed by atoms with van der Waals surface area (Å²) in [6.45, 7) is 3.34. The summed E-state index contributed by atoms with van der Waals surface area (Å²) in [4.78, 5) is 26.0. The van der Waals surface area contributed by atoms with Gasteiger partial charge < -0.3 is 24.2 Å². The quantitative estimate of drug-likeness (QED) is 0.490. The van der Waals surface area contributed by atoms with Crippen LogP contribution in [0.4, 0.5) is 5.82 Å². The SMILES string of the molecule is Cc1cc(NC(=O)C[N@+]2(C)CCCC(OC(=O)C(O)(c3ccccc3)C3CCCC3)C2)no1. The number of aromatic nitrogens is 1. The fourth-order valence-electron chi connectivity index (χ4n) is 5.37. The molecule has 2 aromatic rings. The highest BCUT2D eigenvalue weighted by Gasteiger charge is 2.49. The summed E-state index contributed by atoms with van der Waals surface area (Å²) >= 11 is 0. The molecule has 8 nitrogen and oxygen atoms in total. The van der Waals surface area contributed by atoms with Crippen molar-refractivity contribution in [3.05, 3.63) is 47.7 Å². The third-order valence-electron chi connectivity index (χ3n) is 7.03. The van der Waals surface area contributed by atoms with Crippen molar-refractivity contribution in [2.45, 2.75) is 57.2 Å². The first kappa shape index (κ1) is 23.4. The van der Waals surface area contributed by atoms with Gasteiger partial charge in [-0.15, -0.1) is 0 Å². The molecule has 8 heteroatoms. The molecule has 1 aromatic heterocycles. The Kier molecular flexibility index (Phi) is 6.86. The average Bonchev–Trinajstić information content (AvgIpc) is 3.45. The Bertz CT molecular complexity index is 971. The summed E-state index contributed by atoms with van der Waals surface area (Å²) in [7, 11) is 1.99. The number of likely N-dealkylation sites (N-methyl/N-ethyl adjacent to an activating group) is 1. The second kappa shape index (κ2) is 9.65. The molecule has 2 N–H and O–H groups in total. The van der Waals surface area contributed by atoms with Crippen LogP contribution in [0.15, 0.2) is 40.9 Å². The van der Waals surface area contributed by atoms with Crippen molar-refractivity contribution in [1.82, 2.24) is 5.16 Å². The molecule has 1 amide bonds. The first-order chi connectivity index (χ1) is 15.8. The Labute approximate surface area is 194 Å². The van der Waals surface area contributed by atoms with Crippen molar-refractivity contribution in [1.29, 1.82) is 0 Å². The molecule has 1 aliphatic heterocycles. The first-order valence-corrected chi connectivity index (χ1v) is 11.8. The van der Waals surface area contributed by atoms with E-state index in [0.717, 1.165) is 45.1 Å². The fraction of sp³-hybridized carbons (Fsp3) is 0.560. The summed E-state index contributed by atoms with van der Waals surface area (Å²) in [5, 5.41) is 18.2. The largest absolute Gasteiger partial charge is 0.454 e. The van der Waals surface area contributed by atoms with Crippen molar-refractivity contribution >= 4 is 17.7 Å². The number of benzene rings is 1. The summed E-state index contributed by atoms with van der Waals surface area (Å²) in [6, 6.07) is 10.8. The number of piperidine rings is 1. The van der Waals surface area contributed by atoms with E-state index in [9.17, 15) is 14.7 Å². The lowest BCUT2D eigenvalue weighted by molar-refractivity contribution is -0.909. The van der Waals surface area contributed by atoms with Crippen LogP contribution >= 0.6 is 0 Å². The van der Waals surface area contributed by atoms with Gasteiger partial charge >= 0.3 is 5.97 Å². The number of ether oxygens (including phenoxy) is 1. The van der Waals surface area contributed by atoms with E-state index < -0.39 is 11.6 Å². The standard InChI is InChI=1S/C25H33N3O5/c1-18-15-22(27-33-18)26-23(29)17-28(2)14-8-13-21(16-28)32-24(30)25(31,20-11-6-7-12-20)19-9-4-3-5-10-19/h3-5,9-10,15,20-21,31H,6-8,11-14,16-17H2,1-2H3/p+1/t21?,25?,28-/m1/s1. The van der Waals surface area contributed by atoms with Gasteiger partial charge in [-0.2, -0.15) is 0 Å². The molecular weight excluding hydrogens is 422 g/mol. The van der Waals surface area contributed by atoms with Gasteiger partial charge in [0.05, 0.1) is 13.6 Å². The Morgan fingerprint density at radius 1 is 1.21 bits per heavy atom. The van der Waals surface area contributed by atoms with Crippen LogP contribution in [0.5, 0.6) is 0 Å². The van der Waals surface area contributed by atoms with Crippen molar-refractivity contribution in [3.63, 3.8) is 0 Å². The first-order valence-electron chi connectivity index (χ1n) is 11.8. The van der Waals surface area contributed by atoms with Gasteiger partial charge in [-0.05, 0) is 31.7 Å². The van der Waals surface area contributed by atoms with E-state index in [1.165, 1.54) is 0 Å². The van der Waals surface area contributed by atoms with Crippen molar-refractivity contribution in [2.75, 3.05) is 32.0 Å². The van der Waals surface area contributed by atoms with Crippen LogP contribution in [0, 0.1) is 12.8 Å².